The van der Waals surface area contributed by atoms with Crippen LogP contribution in [0.5, 0.6) is 11.5 Å². The molecule has 0 atom stereocenters. The van der Waals surface area contributed by atoms with Gasteiger partial charge in [0.15, 0.2) is 11.5 Å². The third-order valence-corrected chi connectivity index (χ3v) is 5.92. The summed E-state index contributed by atoms with van der Waals surface area (Å²) in [4.78, 5) is 18.0. The highest BCUT2D eigenvalue weighted by molar-refractivity contribution is 7.99. The first-order valence-electron chi connectivity index (χ1n) is 9.30. The lowest BCUT2D eigenvalue weighted by Gasteiger charge is -2.10. The van der Waals surface area contributed by atoms with Gasteiger partial charge in [0.05, 0.1) is 25.0 Å². The Morgan fingerprint density at radius 1 is 1.14 bits per heavy atom. The molecule has 1 aromatic heterocycles. The van der Waals surface area contributed by atoms with Gasteiger partial charge in [-0.2, -0.15) is 0 Å². The molecular weight excluding hydrogens is 406 g/mol. The fraction of sp³-hybridized carbons (Fsp3) is 0.273. The van der Waals surface area contributed by atoms with Gasteiger partial charge in [-0.1, -0.05) is 19.1 Å². The van der Waals surface area contributed by atoms with Crippen molar-refractivity contribution in [3.8, 4) is 22.1 Å². The lowest BCUT2D eigenvalue weighted by atomic mass is 10.2. The Hall–Kier alpha value is -2.51. The molecule has 29 heavy (non-hydrogen) atoms. The second-order valence-corrected chi connectivity index (χ2v) is 8.11. The van der Waals surface area contributed by atoms with Gasteiger partial charge < -0.3 is 14.2 Å². The van der Waals surface area contributed by atoms with Crippen LogP contribution in [0.1, 0.15) is 29.9 Å². The number of aromatic nitrogens is 1. The van der Waals surface area contributed by atoms with Gasteiger partial charge in [-0.05, 0) is 43.0 Å². The number of carbonyl (C=O) groups excluding carboxylic acids is 1. The van der Waals surface area contributed by atoms with Crippen LogP contribution in [-0.4, -0.2) is 30.4 Å². The average Bonchev–Trinajstić information content (AvgIpc) is 3.22. The average molecular weight is 430 g/mol. The van der Waals surface area contributed by atoms with Crippen LogP contribution in [0, 0.1) is 0 Å². The van der Waals surface area contributed by atoms with Gasteiger partial charge in [-0.25, -0.2) is 9.78 Å². The number of ether oxygens (including phenoxy) is 3. The van der Waals surface area contributed by atoms with Crippen LogP contribution in [0.2, 0.25) is 0 Å². The van der Waals surface area contributed by atoms with Crippen LogP contribution in [0.4, 0.5) is 0 Å². The first kappa shape index (κ1) is 21.2. The van der Waals surface area contributed by atoms with Crippen LogP contribution in [0.15, 0.2) is 52.7 Å². The van der Waals surface area contributed by atoms with E-state index in [2.05, 4.69) is 11.9 Å². The molecular formula is C22H23NO4S2. The fourth-order valence-electron chi connectivity index (χ4n) is 2.72. The van der Waals surface area contributed by atoms with Gasteiger partial charge in [-0.15, -0.1) is 23.1 Å². The summed E-state index contributed by atoms with van der Waals surface area (Å²) in [5.74, 6) is 1.93. The molecule has 0 amide bonds. The smallest absolute Gasteiger partial charge is 0.339 e. The molecule has 0 spiro atoms. The molecule has 0 aliphatic carbocycles. The molecule has 0 saturated heterocycles. The zero-order valence-electron chi connectivity index (χ0n) is 16.6. The SMILES string of the molecule is CCOc1ccc(-c2nc(COC(=O)c3ccccc3SCC)cs2)cc1OC. The lowest BCUT2D eigenvalue weighted by molar-refractivity contribution is 0.0464. The minimum absolute atomic E-state index is 0.134. The maximum Gasteiger partial charge on any atom is 0.339 e. The number of thiazole rings is 1. The number of methoxy groups -OCH3 is 1. The summed E-state index contributed by atoms with van der Waals surface area (Å²) in [6.45, 7) is 4.69. The number of hydrogen-bond acceptors (Lipinski definition) is 7. The summed E-state index contributed by atoms with van der Waals surface area (Å²) < 4.78 is 16.5. The number of thioether (sulfide) groups is 1. The van der Waals surface area contributed by atoms with Gasteiger partial charge in [0.1, 0.15) is 11.6 Å². The highest BCUT2D eigenvalue weighted by Crippen LogP contribution is 2.34. The number of esters is 1. The second kappa shape index (κ2) is 10.3. The van der Waals surface area contributed by atoms with Crippen LogP contribution in [-0.2, 0) is 11.3 Å². The molecule has 1 heterocycles. The van der Waals surface area contributed by atoms with Gasteiger partial charge in [0, 0.05) is 15.8 Å². The standard InChI is InChI=1S/C22H23NO4S2/c1-4-26-18-11-10-15(12-19(18)25-3)21-23-16(14-29-21)13-27-22(24)17-8-6-7-9-20(17)28-5-2/h6-12,14H,4-5,13H2,1-3H3. The molecule has 5 nitrogen and oxygen atoms in total. The molecule has 7 heteroatoms. The van der Waals surface area contributed by atoms with Crippen molar-refractivity contribution in [3.05, 3.63) is 59.1 Å². The maximum absolute atomic E-state index is 12.5. The van der Waals surface area contributed by atoms with Crippen molar-refractivity contribution in [2.45, 2.75) is 25.3 Å². The summed E-state index contributed by atoms with van der Waals surface area (Å²) in [5, 5.41) is 2.73. The Morgan fingerprint density at radius 3 is 2.72 bits per heavy atom. The fourth-order valence-corrected chi connectivity index (χ4v) is 4.31. The Kier molecular flexibility index (Phi) is 7.55. The zero-order valence-corrected chi connectivity index (χ0v) is 18.3. The van der Waals surface area contributed by atoms with E-state index < -0.39 is 0 Å². The Balaban J connectivity index is 1.69. The zero-order chi connectivity index (χ0) is 20.6. The molecule has 152 valence electrons. The minimum atomic E-state index is -0.334. The number of benzene rings is 2. The molecule has 0 unspecified atom stereocenters. The van der Waals surface area contributed by atoms with E-state index in [4.69, 9.17) is 14.2 Å². The third kappa shape index (κ3) is 5.31. The maximum atomic E-state index is 12.5. The first-order chi connectivity index (χ1) is 14.2. The van der Waals surface area contributed by atoms with E-state index in [-0.39, 0.29) is 12.6 Å². The number of rotatable bonds is 9. The van der Waals surface area contributed by atoms with Gasteiger partial charge in [0.25, 0.3) is 0 Å². The quantitative estimate of drug-likeness (QED) is 0.322. The number of hydrogen-bond donors (Lipinski definition) is 0. The normalized spacial score (nSPS) is 10.6. The Morgan fingerprint density at radius 2 is 1.97 bits per heavy atom. The summed E-state index contributed by atoms with van der Waals surface area (Å²) in [7, 11) is 1.61. The van der Waals surface area contributed by atoms with Crippen molar-refractivity contribution in [2.24, 2.45) is 0 Å². The first-order valence-corrected chi connectivity index (χ1v) is 11.2. The van der Waals surface area contributed by atoms with Crippen molar-refractivity contribution in [2.75, 3.05) is 19.5 Å². The van der Waals surface area contributed by atoms with Crippen LogP contribution in [0.25, 0.3) is 10.6 Å². The van der Waals surface area contributed by atoms with Crippen molar-refractivity contribution in [1.82, 2.24) is 4.98 Å². The highest BCUT2D eigenvalue weighted by Gasteiger charge is 2.14. The van der Waals surface area contributed by atoms with E-state index in [1.807, 2.05) is 48.7 Å². The van der Waals surface area contributed by atoms with E-state index in [1.54, 1.807) is 24.9 Å². The summed E-state index contributed by atoms with van der Waals surface area (Å²) in [5.41, 5.74) is 2.23. The predicted molar refractivity (Wildman–Crippen MR) is 117 cm³/mol. The summed E-state index contributed by atoms with van der Waals surface area (Å²) >= 11 is 3.12. The predicted octanol–water partition coefficient (Wildman–Crippen LogP) is 5.69. The van der Waals surface area contributed by atoms with Crippen molar-refractivity contribution in [3.63, 3.8) is 0 Å². The summed E-state index contributed by atoms with van der Waals surface area (Å²) in [6.07, 6.45) is 0. The molecule has 3 aromatic rings. The van der Waals surface area contributed by atoms with E-state index in [0.29, 0.717) is 29.4 Å². The molecule has 0 bridgehead atoms. The van der Waals surface area contributed by atoms with Crippen molar-refractivity contribution >= 4 is 29.1 Å². The van der Waals surface area contributed by atoms with Gasteiger partial charge >= 0.3 is 5.97 Å². The molecule has 0 fully saturated rings. The molecule has 0 N–H and O–H groups in total. The van der Waals surface area contributed by atoms with E-state index >= 15 is 0 Å². The Labute approximate surface area is 179 Å². The minimum Gasteiger partial charge on any atom is -0.493 e. The van der Waals surface area contributed by atoms with E-state index in [0.717, 1.165) is 21.2 Å². The third-order valence-electron chi connectivity index (χ3n) is 4.02. The topological polar surface area (TPSA) is 57.7 Å². The molecule has 3 rings (SSSR count). The largest absolute Gasteiger partial charge is 0.493 e. The monoisotopic (exact) mass is 429 g/mol. The molecule has 0 aliphatic heterocycles. The molecule has 2 aromatic carbocycles. The van der Waals surface area contributed by atoms with Gasteiger partial charge in [-0.3, -0.25) is 0 Å². The van der Waals surface area contributed by atoms with Crippen LogP contribution < -0.4 is 9.47 Å². The number of nitrogens with zero attached hydrogens (tertiary/aromatic N) is 1. The van der Waals surface area contributed by atoms with Gasteiger partial charge in [0.2, 0.25) is 0 Å². The second-order valence-electron chi connectivity index (χ2n) is 5.95. The Bertz CT molecular complexity index is 971. The molecule has 0 aliphatic rings. The summed E-state index contributed by atoms with van der Waals surface area (Å²) in [6, 6.07) is 13.2. The molecule has 0 radical (unpaired) electrons. The van der Waals surface area contributed by atoms with Crippen molar-refractivity contribution in [1.29, 1.82) is 0 Å². The van der Waals surface area contributed by atoms with E-state index in [1.165, 1.54) is 11.3 Å². The van der Waals surface area contributed by atoms with Crippen LogP contribution >= 0.6 is 23.1 Å². The highest BCUT2D eigenvalue weighted by atomic mass is 32.2. The molecule has 0 saturated carbocycles. The van der Waals surface area contributed by atoms with Crippen molar-refractivity contribution < 1.29 is 19.0 Å². The lowest BCUT2D eigenvalue weighted by Crippen LogP contribution is -2.07. The number of carbonyl (C=O) groups is 1. The van der Waals surface area contributed by atoms with Crippen LogP contribution in [0.3, 0.4) is 0 Å². The van der Waals surface area contributed by atoms with E-state index in [9.17, 15) is 4.79 Å².